The van der Waals surface area contributed by atoms with Gasteiger partial charge in [-0.1, -0.05) is 54.1 Å². The van der Waals surface area contributed by atoms with E-state index < -0.39 is 0 Å². The molecule has 0 radical (unpaired) electrons. The van der Waals surface area contributed by atoms with Crippen LogP contribution in [-0.4, -0.2) is 10.6 Å². The fourth-order valence-corrected chi connectivity index (χ4v) is 3.35. The number of rotatable bonds is 4. The van der Waals surface area contributed by atoms with Crippen molar-refractivity contribution in [1.29, 1.82) is 0 Å². The van der Waals surface area contributed by atoms with Crippen LogP contribution in [0, 0.1) is 10.1 Å². The molecule has 3 aromatic carbocycles. The van der Waals surface area contributed by atoms with Crippen molar-refractivity contribution in [2.75, 3.05) is 5.01 Å². The van der Waals surface area contributed by atoms with Crippen molar-refractivity contribution in [2.24, 2.45) is 5.10 Å². The third-order valence-electron chi connectivity index (χ3n) is 4.60. The van der Waals surface area contributed by atoms with Crippen LogP contribution < -0.4 is 5.01 Å². The molecule has 27 heavy (non-hydrogen) atoms. The molecular weight excluding hydrogens is 362 g/mol. The predicted molar refractivity (Wildman–Crippen MR) is 107 cm³/mol. The van der Waals surface area contributed by atoms with Gasteiger partial charge in [-0.25, -0.2) is 0 Å². The second kappa shape index (κ2) is 7.21. The van der Waals surface area contributed by atoms with E-state index in [1.807, 2.05) is 59.6 Å². The van der Waals surface area contributed by atoms with Crippen LogP contribution in [0.4, 0.5) is 11.4 Å². The van der Waals surface area contributed by atoms with Gasteiger partial charge in [0.25, 0.3) is 5.69 Å². The number of hydrogen-bond donors (Lipinski definition) is 0. The van der Waals surface area contributed by atoms with Gasteiger partial charge in [0.1, 0.15) is 0 Å². The van der Waals surface area contributed by atoms with Crippen LogP contribution in [0.1, 0.15) is 23.6 Å². The summed E-state index contributed by atoms with van der Waals surface area (Å²) in [5, 5.41) is 18.5. The van der Waals surface area contributed by atoms with Crippen LogP contribution >= 0.6 is 11.6 Å². The van der Waals surface area contributed by atoms with Crippen molar-refractivity contribution in [3.05, 3.63) is 105 Å². The Hall–Kier alpha value is -3.18. The summed E-state index contributed by atoms with van der Waals surface area (Å²) in [5.41, 5.74) is 4.02. The van der Waals surface area contributed by atoms with Gasteiger partial charge >= 0.3 is 0 Å². The molecule has 0 bridgehead atoms. The van der Waals surface area contributed by atoms with Crippen LogP contribution in [0.2, 0.25) is 5.02 Å². The topological polar surface area (TPSA) is 58.7 Å². The summed E-state index contributed by atoms with van der Waals surface area (Å²) in [7, 11) is 0. The fraction of sp³-hybridized carbons (Fsp3) is 0.0952. The quantitative estimate of drug-likeness (QED) is 0.439. The Labute approximate surface area is 161 Å². The molecule has 6 heteroatoms. The zero-order valence-electron chi connectivity index (χ0n) is 14.3. The number of nitro benzene ring substituents is 1. The maximum Gasteiger partial charge on any atom is 0.269 e. The van der Waals surface area contributed by atoms with Gasteiger partial charge in [0, 0.05) is 23.6 Å². The molecule has 0 fully saturated rings. The van der Waals surface area contributed by atoms with Crippen molar-refractivity contribution >= 4 is 28.7 Å². The number of non-ortho nitro benzene ring substituents is 1. The third kappa shape index (κ3) is 3.55. The highest BCUT2D eigenvalue weighted by Gasteiger charge is 2.30. The monoisotopic (exact) mass is 377 g/mol. The van der Waals surface area contributed by atoms with Gasteiger partial charge in [-0.05, 0) is 35.4 Å². The number of benzene rings is 3. The van der Waals surface area contributed by atoms with Gasteiger partial charge in [0.2, 0.25) is 0 Å². The first kappa shape index (κ1) is 17.2. The molecule has 4 rings (SSSR count). The zero-order valence-corrected chi connectivity index (χ0v) is 15.1. The van der Waals surface area contributed by atoms with E-state index >= 15 is 0 Å². The van der Waals surface area contributed by atoms with Gasteiger partial charge in [-0.3, -0.25) is 15.1 Å². The number of nitro groups is 1. The van der Waals surface area contributed by atoms with Crippen LogP contribution in [0.15, 0.2) is 84.0 Å². The Bertz CT molecular complexity index is 986. The lowest BCUT2D eigenvalue weighted by atomic mass is 9.98. The molecule has 0 unspecified atom stereocenters. The maximum atomic E-state index is 10.9. The average molecular weight is 378 g/mol. The highest BCUT2D eigenvalue weighted by Crippen LogP contribution is 2.37. The largest absolute Gasteiger partial charge is 0.269 e. The molecule has 3 aromatic rings. The van der Waals surface area contributed by atoms with Crippen molar-refractivity contribution in [2.45, 2.75) is 12.5 Å². The van der Waals surface area contributed by atoms with E-state index in [-0.39, 0.29) is 16.7 Å². The Morgan fingerprint density at radius 2 is 1.63 bits per heavy atom. The van der Waals surface area contributed by atoms with Crippen LogP contribution in [0.5, 0.6) is 0 Å². The van der Waals surface area contributed by atoms with Gasteiger partial charge < -0.3 is 0 Å². The predicted octanol–water partition coefficient (Wildman–Crippen LogP) is 5.60. The first-order valence-electron chi connectivity index (χ1n) is 8.54. The molecular formula is C21H16ClN3O2. The van der Waals surface area contributed by atoms with Crippen LogP contribution in [0.3, 0.4) is 0 Å². The number of anilines is 1. The summed E-state index contributed by atoms with van der Waals surface area (Å²) in [4.78, 5) is 10.6. The zero-order chi connectivity index (χ0) is 18.8. The minimum Gasteiger partial charge on any atom is -0.258 e. The average Bonchev–Trinajstić information content (AvgIpc) is 3.15. The van der Waals surface area contributed by atoms with Gasteiger partial charge in [-0.15, -0.1) is 0 Å². The normalized spacial score (nSPS) is 16.3. The van der Waals surface area contributed by atoms with E-state index in [9.17, 15) is 10.1 Å². The number of nitrogens with zero attached hydrogens (tertiary/aromatic N) is 3. The minimum atomic E-state index is -0.386. The van der Waals surface area contributed by atoms with E-state index in [0.717, 1.165) is 22.5 Å². The summed E-state index contributed by atoms with van der Waals surface area (Å²) in [6, 6.07) is 24.2. The summed E-state index contributed by atoms with van der Waals surface area (Å²) in [6.07, 6.45) is 0.703. The Morgan fingerprint density at radius 3 is 2.26 bits per heavy atom. The molecule has 0 spiro atoms. The molecule has 1 atom stereocenters. The Balaban J connectivity index is 1.71. The first-order chi connectivity index (χ1) is 13.1. The SMILES string of the molecule is O=[N+]([O-])c1ccc([C@H]2CC(c3ccc(Cl)cc3)=NN2c2ccccc2)cc1. The molecule has 1 aliphatic heterocycles. The van der Waals surface area contributed by atoms with Gasteiger partial charge in [0.05, 0.1) is 22.4 Å². The van der Waals surface area contributed by atoms with E-state index in [4.69, 9.17) is 16.7 Å². The molecule has 5 nitrogen and oxygen atoms in total. The van der Waals surface area contributed by atoms with Gasteiger partial charge in [0.15, 0.2) is 0 Å². The summed E-state index contributed by atoms with van der Waals surface area (Å²) in [5.74, 6) is 0. The number of halogens is 1. The van der Waals surface area contributed by atoms with E-state index in [1.54, 1.807) is 24.3 Å². The number of hydrazone groups is 1. The van der Waals surface area contributed by atoms with E-state index in [1.165, 1.54) is 0 Å². The smallest absolute Gasteiger partial charge is 0.258 e. The molecule has 0 saturated heterocycles. The fourth-order valence-electron chi connectivity index (χ4n) is 3.22. The second-order valence-corrected chi connectivity index (χ2v) is 6.74. The number of para-hydroxylation sites is 1. The lowest BCUT2D eigenvalue weighted by Crippen LogP contribution is -2.18. The van der Waals surface area contributed by atoms with Gasteiger partial charge in [-0.2, -0.15) is 5.10 Å². The summed E-state index contributed by atoms with van der Waals surface area (Å²) in [6.45, 7) is 0. The Morgan fingerprint density at radius 1 is 0.963 bits per heavy atom. The highest BCUT2D eigenvalue weighted by atomic mass is 35.5. The molecule has 0 amide bonds. The maximum absolute atomic E-state index is 10.9. The molecule has 0 N–H and O–H groups in total. The van der Waals surface area contributed by atoms with E-state index in [0.29, 0.717) is 11.4 Å². The van der Waals surface area contributed by atoms with Crippen molar-refractivity contribution in [3.8, 4) is 0 Å². The first-order valence-corrected chi connectivity index (χ1v) is 8.92. The summed E-state index contributed by atoms with van der Waals surface area (Å²) >= 11 is 6.00. The minimum absolute atomic E-state index is 0.0288. The molecule has 1 aliphatic rings. The second-order valence-electron chi connectivity index (χ2n) is 6.30. The van der Waals surface area contributed by atoms with Crippen molar-refractivity contribution in [1.82, 2.24) is 0 Å². The van der Waals surface area contributed by atoms with Crippen LogP contribution in [0.25, 0.3) is 0 Å². The molecule has 0 saturated carbocycles. The van der Waals surface area contributed by atoms with E-state index in [2.05, 4.69) is 0 Å². The highest BCUT2D eigenvalue weighted by molar-refractivity contribution is 6.30. The molecule has 0 aliphatic carbocycles. The summed E-state index contributed by atoms with van der Waals surface area (Å²) < 4.78 is 0. The standard InChI is InChI=1S/C21H16ClN3O2/c22-17-10-6-15(7-11-17)20-14-21(16-8-12-19(13-9-16)25(26)27)24(23-20)18-4-2-1-3-5-18/h1-13,21H,14H2/t21-/m1/s1. The molecule has 1 heterocycles. The molecule has 134 valence electrons. The van der Waals surface area contributed by atoms with Crippen molar-refractivity contribution in [3.63, 3.8) is 0 Å². The Kier molecular flexibility index (Phi) is 4.60. The lowest BCUT2D eigenvalue weighted by molar-refractivity contribution is -0.384. The van der Waals surface area contributed by atoms with Crippen molar-refractivity contribution < 1.29 is 4.92 Å². The number of hydrogen-bond acceptors (Lipinski definition) is 4. The van der Waals surface area contributed by atoms with Crippen LogP contribution in [-0.2, 0) is 0 Å². The third-order valence-corrected chi connectivity index (χ3v) is 4.85. The molecule has 0 aromatic heterocycles. The lowest BCUT2D eigenvalue weighted by Gasteiger charge is -2.23.